The first-order valence-corrected chi connectivity index (χ1v) is 8.54. The average Bonchev–Trinajstić information content (AvgIpc) is 3.09. The van der Waals surface area contributed by atoms with E-state index in [1.165, 1.54) is 0 Å². The van der Waals surface area contributed by atoms with Gasteiger partial charge in [-0.2, -0.15) is 5.10 Å². The number of nitrogens with one attached hydrogen (secondary N) is 2. The Morgan fingerprint density at radius 3 is 3.08 bits per heavy atom. The predicted molar refractivity (Wildman–Crippen MR) is 94.5 cm³/mol. The standard InChI is InChI=1S/C18H26N4O3/c1-12-7-14-15(8-18(2,3)9-16(14)25-12)21-17(23)20-13-10-19-22(11-13)5-6-24-4/h7,10-11,15H,5-6,8-9H2,1-4H3,(H2,20,21,23)/t15-/m0/s1. The molecule has 0 saturated carbocycles. The largest absolute Gasteiger partial charge is 0.466 e. The molecule has 136 valence electrons. The summed E-state index contributed by atoms with van der Waals surface area (Å²) in [4.78, 5) is 12.4. The number of anilines is 1. The zero-order valence-corrected chi connectivity index (χ0v) is 15.3. The average molecular weight is 346 g/mol. The highest BCUT2D eigenvalue weighted by Crippen LogP contribution is 2.41. The number of amides is 2. The number of fused-ring (bicyclic) bond motifs is 1. The molecule has 1 aliphatic rings. The number of hydrogen-bond donors (Lipinski definition) is 2. The van der Waals surface area contributed by atoms with E-state index in [4.69, 9.17) is 9.15 Å². The fourth-order valence-corrected chi connectivity index (χ4v) is 3.37. The Morgan fingerprint density at radius 1 is 1.52 bits per heavy atom. The highest BCUT2D eigenvalue weighted by atomic mass is 16.5. The van der Waals surface area contributed by atoms with Crippen molar-refractivity contribution in [3.05, 3.63) is 35.5 Å². The van der Waals surface area contributed by atoms with Crippen LogP contribution in [0.2, 0.25) is 0 Å². The third kappa shape index (κ3) is 4.22. The van der Waals surface area contributed by atoms with E-state index in [2.05, 4.69) is 29.6 Å². The zero-order valence-electron chi connectivity index (χ0n) is 15.3. The van der Waals surface area contributed by atoms with Gasteiger partial charge in [-0.15, -0.1) is 0 Å². The van der Waals surface area contributed by atoms with Gasteiger partial charge in [-0.25, -0.2) is 4.79 Å². The molecule has 3 rings (SSSR count). The molecule has 2 amide bonds. The molecule has 1 aliphatic carbocycles. The van der Waals surface area contributed by atoms with Crippen molar-refractivity contribution in [3.8, 4) is 0 Å². The highest BCUT2D eigenvalue weighted by molar-refractivity contribution is 5.89. The summed E-state index contributed by atoms with van der Waals surface area (Å²) < 4.78 is 12.6. The van der Waals surface area contributed by atoms with Crippen molar-refractivity contribution >= 4 is 11.7 Å². The minimum absolute atomic E-state index is 0.0558. The lowest BCUT2D eigenvalue weighted by atomic mass is 9.75. The lowest BCUT2D eigenvalue weighted by molar-refractivity contribution is 0.183. The van der Waals surface area contributed by atoms with E-state index in [0.717, 1.165) is 29.9 Å². The van der Waals surface area contributed by atoms with Crippen LogP contribution in [0.3, 0.4) is 0 Å². The van der Waals surface area contributed by atoms with Crippen LogP contribution in [0, 0.1) is 12.3 Å². The maximum absolute atomic E-state index is 12.4. The first-order valence-electron chi connectivity index (χ1n) is 8.54. The second-order valence-corrected chi connectivity index (χ2v) is 7.42. The molecule has 2 aromatic heterocycles. The third-order valence-electron chi connectivity index (χ3n) is 4.46. The molecule has 2 N–H and O–H groups in total. The van der Waals surface area contributed by atoms with Gasteiger partial charge in [-0.1, -0.05) is 13.8 Å². The van der Waals surface area contributed by atoms with Gasteiger partial charge in [0.25, 0.3) is 0 Å². The summed E-state index contributed by atoms with van der Waals surface area (Å²) in [6.07, 6.45) is 5.19. The van der Waals surface area contributed by atoms with E-state index in [-0.39, 0.29) is 17.5 Å². The molecule has 0 radical (unpaired) electrons. The van der Waals surface area contributed by atoms with Gasteiger partial charge in [-0.3, -0.25) is 4.68 Å². The Morgan fingerprint density at radius 2 is 2.32 bits per heavy atom. The summed E-state index contributed by atoms with van der Waals surface area (Å²) in [5, 5.41) is 10.1. The van der Waals surface area contributed by atoms with Crippen LogP contribution in [0.25, 0.3) is 0 Å². The van der Waals surface area contributed by atoms with Crippen molar-refractivity contribution in [3.63, 3.8) is 0 Å². The molecule has 0 unspecified atom stereocenters. The number of hydrogen-bond acceptors (Lipinski definition) is 4. The van der Waals surface area contributed by atoms with Gasteiger partial charge in [0.1, 0.15) is 11.5 Å². The smallest absolute Gasteiger partial charge is 0.319 e. The SMILES string of the molecule is COCCn1cc(NC(=O)N[C@H]2CC(C)(C)Cc3oc(C)cc32)cn1. The summed E-state index contributed by atoms with van der Waals surface area (Å²) in [5.74, 6) is 1.86. The third-order valence-corrected chi connectivity index (χ3v) is 4.46. The number of methoxy groups -OCH3 is 1. The number of furan rings is 1. The van der Waals surface area contributed by atoms with Gasteiger partial charge in [0.05, 0.1) is 31.1 Å². The molecule has 2 aromatic rings. The van der Waals surface area contributed by atoms with Crippen LogP contribution in [-0.4, -0.2) is 29.5 Å². The number of aryl methyl sites for hydroxylation is 1. The molecule has 25 heavy (non-hydrogen) atoms. The summed E-state index contributed by atoms with van der Waals surface area (Å²) in [6.45, 7) is 7.55. The minimum Gasteiger partial charge on any atom is -0.466 e. The molecular formula is C18H26N4O3. The number of ether oxygens (including phenoxy) is 1. The number of rotatable bonds is 5. The van der Waals surface area contributed by atoms with Gasteiger partial charge >= 0.3 is 6.03 Å². The number of carbonyl (C=O) groups is 1. The monoisotopic (exact) mass is 346 g/mol. The number of carbonyl (C=O) groups excluding carboxylic acids is 1. The van der Waals surface area contributed by atoms with Crippen molar-refractivity contribution in [2.24, 2.45) is 5.41 Å². The minimum atomic E-state index is -0.237. The van der Waals surface area contributed by atoms with Crippen LogP contribution in [-0.2, 0) is 17.7 Å². The lowest BCUT2D eigenvalue weighted by Crippen LogP contribution is -2.38. The Bertz CT molecular complexity index is 747. The normalized spacial score (nSPS) is 18.6. The lowest BCUT2D eigenvalue weighted by Gasteiger charge is -2.34. The van der Waals surface area contributed by atoms with Crippen LogP contribution in [0.4, 0.5) is 10.5 Å². The molecule has 2 heterocycles. The second kappa shape index (κ2) is 6.92. The fourth-order valence-electron chi connectivity index (χ4n) is 3.37. The summed E-state index contributed by atoms with van der Waals surface area (Å²) in [7, 11) is 1.65. The van der Waals surface area contributed by atoms with Crippen LogP contribution >= 0.6 is 0 Å². The number of nitrogens with zero attached hydrogens (tertiary/aromatic N) is 2. The zero-order chi connectivity index (χ0) is 18.0. The molecule has 0 spiro atoms. The van der Waals surface area contributed by atoms with Crippen molar-refractivity contribution in [2.75, 3.05) is 19.0 Å². The molecule has 7 heteroatoms. The van der Waals surface area contributed by atoms with Gasteiger partial charge in [0.15, 0.2) is 0 Å². The van der Waals surface area contributed by atoms with E-state index >= 15 is 0 Å². The van der Waals surface area contributed by atoms with Gasteiger partial charge < -0.3 is 19.8 Å². The molecule has 0 aliphatic heterocycles. The summed E-state index contributed by atoms with van der Waals surface area (Å²) in [5.41, 5.74) is 1.83. The second-order valence-electron chi connectivity index (χ2n) is 7.42. The van der Waals surface area contributed by atoms with Crippen molar-refractivity contribution < 1.29 is 13.9 Å². The van der Waals surface area contributed by atoms with E-state index in [1.807, 2.05) is 13.0 Å². The Kier molecular flexibility index (Phi) is 4.85. The van der Waals surface area contributed by atoms with Crippen LogP contribution in [0.15, 0.2) is 22.9 Å². The molecular weight excluding hydrogens is 320 g/mol. The van der Waals surface area contributed by atoms with E-state index < -0.39 is 0 Å². The molecule has 0 bridgehead atoms. The van der Waals surface area contributed by atoms with Crippen molar-refractivity contribution in [2.45, 2.75) is 46.2 Å². The fraction of sp³-hybridized carbons (Fsp3) is 0.556. The van der Waals surface area contributed by atoms with Gasteiger partial charge in [0, 0.05) is 25.3 Å². The maximum Gasteiger partial charge on any atom is 0.319 e. The first-order chi connectivity index (χ1) is 11.9. The molecule has 7 nitrogen and oxygen atoms in total. The Labute approximate surface area is 147 Å². The van der Waals surface area contributed by atoms with E-state index in [1.54, 1.807) is 24.2 Å². The van der Waals surface area contributed by atoms with Crippen molar-refractivity contribution in [1.82, 2.24) is 15.1 Å². The van der Waals surface area contributed by atoms with Crippen LogP contribution < -0.4 is 10.6 Å². The highest BCUT2D eigenvalue weighted by Gasteiger charge is 2.35. The topological polar surface area (TPSA) is 81.3 Å². The van der Waals surface area contributed by atoms with Crippen LogP contribution in [0.1, 0.15) is 43.4 Å². The predicted octanol–water partition coefficient (Wildman–Crippen LogP) is 3.27. The number of urea groups is 1. The number of aromatic nitrogens is 2. The van der Waals surface area contributed by atoms with Crippen LogP contribution in [0.5, 0.6) is 0 Å². The van der Waals surface area contributed by atoms with Gasteiger partial charge in [0.2, 0.25) is 0 Å². The molecule has 0 aromatic carbocycles. The summed E-state index contributed by atoms with van der Waals surface area (Å²) >= 11 is 0. The molecule has 0 fully saturated rings. The molecule has 0 saturated heterocycles. The van der Waals surface area contributed by atoms with Crippen molar-refractivity contribution in [1.29, 1.82) is 0 Å². The molecule has 1 atom stereocenters. The van der Waals surface area contributed by atoms with Gasteiger partial charge in [-0.05, 0) is 24.8 Å². The Balaban J connectivity index is 1.65. The quantitative estimate of drug-likeness (QED) is 0.871. The van der Waals surface area contributed by atoms with E-state index in [9.17, 15) is 4.79 Å². The Hall–Kier alpha value is -2.28. The van der Waals surface area contributed by atoms with E-state index in [0.29, 0.717) is 18.8 Å². The summed E-state index contributed by atoms with van der Waals surface area (Å²) in [6, 6.07) is 1.73. The first kappa shape index (κ1) is 17.5. The maximum atomic E-state index is 12.4.